The Morgan fingerprint density at radius 3 is 1.56 bits per heavy atom. The van der Waals surface area contributed by atoms with Crippen molar-refractivity contribution in [2.24, 2.45) is 0 Å². The molecule has 9 heavy (non-hydrogen) atoms. The topological polar surface area (TPSA) is 40.5 Å². The summed E-state index contributed by atoms with van der Waals surface area (Å²) in [4.78, 5) is 0. The molecule has 0 saturated carbocycles. The zero-order valence-electron chi connectivity index (χ0n) is 5.46. The van der Waals surface area contributed by atoms with Crippen molar-refractivity contribution in [1.82, 2.24) is 0 Å². The Morgan fingerprint density at radius 2 is 1.44 bits per heavy atom. The van der Waals surface area contributed by atoms with Crippen molar-refractivity contribution >= 4 is 11.3 Å². The Labute approximate surface area is 58.4 Å². The summed E-state index contributed by atoms with van der Waals surface area (Å²) in [6.07, 6.45) is 0. The van der Waals surface area contributed by atoms with Gasteiger partial charge in [-0.2, -0.15) is 0 Å². The molecule has 1 heterocycles. The maximum atomic E-state index is 8.52. The third kappa shape index (κ3) is 2.37. The lowest BCUT2D eigenvalue weighted by molar-refractivity contribution is 0.407. The summed E-state index contributed by atoms with van der Waals surface area (Å²) in [6, 6.07) is 0. The average Bonchev–Trinajstić information content (AvgIpc) is 2.23. The maximum absolute atomic E-state index is 8.52. The zero-order chi connectivity index (χ0) is 7.28. The molecule has 2 nitrogen and oxygen atoms in total. The first-order valence-electron chi connectivity index (χ1n) is 2.75. The quantitative estimate of drug-likeness (QED) is 0.589. The van der Waals surface area contributed by atoms with Crippen LogP contribution < -0.4 is 0 Å². The Balaban J connectivity index is 0.000000291. The molecule has 2 N–H and O–H groups in total. The molecule has 0 saturated heterocycles. The monoisotopic (exact) mass is 146 g/mol. The normalized spacial score (nSPS) is 7.78. The van der Waals surface area contributed by atoms with Gasteiger partial charge >= 0.3 is 0 Å². The summed E-state index contributed by atoms with van der Waals surface area (Å²) in [5, 5.41) is 20.0. The van der Waals surface area contributed by atoms with Crippen molar-refractivity contribution < 1.29 is 10.2 Å². The Bertz CT molecular complexity index is 143. The smallest absolute Gasteiger partial charge is 0.168 e. The average molecular weight is 146 g/mol. The molecule has 0 aliphatic carbocycles. The van der Waals surface area contributed by atoms with E-state index in [-0.39, 0.29) is 11.5 Å². The van der Waals surface area contributed by atoms with E-state index in [0.29, 0.717) is 0 Å². The second-order valence-corrected chi connectivity index (χ2v) is 1.89. The standard InChI is InChI=1S/C4H4O2S.C2H6/c5-3-1-7-2-4(3)6;1-2/h1-2,5-6H;1-2H3. The molecular weight excluding hydrogens is 136 g/mol. The van der Waals surface area contributed by atoms with Gasteiger partial charge in [-0.25, -0.2) is 0 Å². The van der Waals surface area contributed by atoms with Crippen LogP contribution in [0.25, 0.3) is 0 Å². The Kier molecular flexibility index (Phi) is 3.88. The third-order valence-electron chi connectivity index (χ3n) is 0.622. The number of rotatable bonds is 0. The van der Waals surface area contributed by atoms with Crippen LogP contribution in [0.4, 0.5) is 0 Å². The molecule has 0 aliphatic rings. The van der Waals surface area contributed by atoms with Crippen LogP contribution in [0.1, 0.15) is 13.8 Å². The molecule has 0 aromatic carbocycles. The van der Waals surface area contributed by atoms with E-state index >= 15 is 0 Å². The lowest BCUT2D eigenvalue weighted by atomic mass is 10.6. The molecule has 1 aromatic heterocycles. The van der Waals surface area contributed by atoms with Gasteiger partial charge in [0.05, 0.1) is 0 Å². The van der Waals surface area contributed by atoms with Gasteiger partial charge in [0, 0.05) is 10.8 Å². The molecule has 1 aromatic rings. The summed E-state index contributed by atoms with van der Waals surface area (Å²) < 4.78 is 0. The van der Waals surface area contributed by atoms with Crippen molar-refractivity contribution in [2.75, 3.05) is 0 Å². The van der Waals surface area contributed by atoms with E-state index in [1.165, 1.54) is 22.1 Å². The fourth-order valence-corrected chi connectivity index (χ4v) is 0.851. The molecule has 0 radical (unpaired) electrons. The first-order chi connectivity index (χ1) is 4.30. The maximum Gasteiger partial charge on any atom is 0.168 e. The van der Waals surface area contributed by atoms with Gasteiger partial charge in [-0.1, -0.05) is 13.8 Å². The molecule has 52 valence electrons. The molecular formula is C6H10O2S. The van der Waals surface area contributed by atoms with Crippen molar-refractivity contribution in [3.05, 3.63) is 10.8 Å². The van der Waals surface area contributed by atoms with Gasteiger partial charge in [-0.15, -0.1) is 11.3 Å². The van der Waals surface area contributed by atoms with Crippen molar-refractivity contribution in [1.29, 1.82) is 0 Å². The lowest BCUT2D eigenvalue weighted by Gasteiger charge is -1.79. The van der Waals surface area contributed by atoms with Gasteiger partial charge in [0.2, 0.25) is 0 Å². The van der Waals surface area contributed by atoms with Crippen LogP contribution in [0.5, 0.6) is 11.5 Å². The minimum atomic E-state index is -0.0370. The van der Waals surface area contributed by atoms with Crippen LogP contribution in [0.3, 0.4) is 0 Å². The summed E-state index contributed by atoms with van der Waals surface area (Å²) in [6.45, 7) is 4.00. The molecule has 0 bridgehead atoms. The second-order valence-electron chi connectivity index (χ2n) is 1.14. The van der Waals surface area contributed by atoms with Gasteiger partial charge in [-0.3, -0.25) is 0 Å². The fraction of sp³-hybridized carbons (Fsp3) is 0.333. The highest BCUT2D eigenvalue weighted by Gasteiger charge is 1.93. The molecule has 0 spiro atoms. The van der Waals surface area contributed by atoms with E-state index in [4.69, 9.17) is 10.2 Å². The van der Waals surface area contributed by atoms with Crippen LogP contribution in [-0.2, 0) is 0 Å². The van der Waals surface area contributed by atoms with Crippen molar-refractivity contribution in [3.8, 4) is 11.5 Å². The molecule has 0 atom stereocenters. The highest BCUT2D eigenvalue weighted by Crippen LogP contribution is 2.27. The number of hydrogen-bond donors (Lipinski definition) is 2. The summed E-state index contributed by atoms with van der Waals surface area (Å²) in [7, 11) is 0. The lowest BCUT2D eigenvalue weighted by Crippen LogP contribution is -1.50. The number of thiophene rings is 1. The van der Waals surface area contributed by atoms with E-state index in [0.717, 1.165) is 0 Å². The van der Waals surface area contributed by atoms with Gasteiger partial charge in [0.1, 0.15) is 0 Å². The van der Waals surface area contributed by atoms with E-state index in [9.17, 15) is 0 Å². The molecule has 1 rings (SSSR count). The van der Waals surface area contributed by atoms with E-state index < -0.39 is 0 Å². The molecule has 0 amide bonds. The van der Waals surface area contributed by atoms with Gasteiger partial charge in [-0.05, 0) is 0 Å². The Hall–Kier alpha value is -0.700. The highest BCUT2D eigenvalue weighted by atomic mass is 32.1. The van der Waals surface area contributed by atoms with Crippen molar-refractivity contribution in [2.45, 2.75) is 13.8 Å². The number of hydrogen-bond acceptors (Lipinski definition) is 3. The summed E-state index contributed by atoms with van der Waals surface area (Å²) >= 11 is 1.27. The van der Waals surface area contributed by atoms with Crippen LogP contribution >= 0.6 is 11.3 Å². The van der Waals surface area contributed by atoms with E-state index in [2.05, 4.69) is 0 Å². The predicted octanol–water partition coefficient (Wildman–Crippen LogP) is 2.19. The van der Waals surface area contributed by atoms with Crippen molar-refractivity contribution in [3.63, 3.8) is 0 Å². The SMILES string of the molecule is CC.Oc1cscc1O. The minimum absolute atomic E-state index is 0.0370. The van der Waals surface area contributed by atoms with Gasteiger partial charge < -0.3 is 10.2 Å². The zero-order valence-corrected chi connectivity index (χ0v) is 6.27. The summed E-state index contributed by atoms with van der Waals surface area (Å²) in [5.41, 5.74) is 0. The third-order valence-corrected chi connectivity index (χ3v) is 1.34. The number of aromatic hydroxyl groups is 2. The van der Waals surface area contributed by atoms with Gasteiger partial charge in [0.15, 0.2) is 11.5 Å². The molecule has 0 aliphatic heterocycles. The van der Waals surface area contributed by atoms with E-state index in [1.807, 2.05) is 13.8 Å². The van der Waals surface area contributed by atoms with Gasteiger partial charge in [0.25, 0.3) is 0 Å². The molecule has 0 fully saturated rings. The van der Waals surface area contributed by atoms with Crippen LogP contribution in [0, 0.1) is 0 Å². The molecule has 3 heteroatoms. The first kappa shape index (κ1) is 8.30. The minimum Gasteiger partial charge on any atom is -0.504 e. The summed E-state index contributed by atoms with van der Waals surface area (Å²) in [5.74, 6) is -0.0741. The second kappa shape index (κ2) is 4.21. The highest BCUT2D eigenvalue weighted by molar-refractivity contribution is 7.08. The largest absolute Gasteiger partial charge is 0.504 e. The van der Waals surface area contributed by atoms with Crippen LogP contribution in [0.2, 0.25) is 0 Å². The molecule has 0 unspecified atom stereocenters. The predicted molar refractivity (Wildman–Crippen MR) is 39.0 cm³/mol. The van der Waals surface area contributed by atoms with Crippen LogP contribution in [0.15, 0.2) is 10.8 Å². The van der Waals surface area contributed by atoms with Crippen LogP contribution in [-0.4, -0.2) is 10.2 Å². The van der Waals surface area contributed by atoms with E-state index in [1.54, 1.807) is 0 Å². The Morgan fingerprint density at radius 1 is 1.11 bits per heavy atom. The fourth-order valence-electron chi connectivity index (χ4n) is 0.284. The first-order valence-corrected chi connectivity index (χ1v) is 3.69.